The molecule has 0 radical (unpaired) electrons. The van der Waals surface area contributed by atoms with E-state index in [-0.39, 0.29) is 16.3 Å². The van der Waals surface area contributed by atoms with Crippen molar-refractivity contribution in [2.75, 3.05) is 13.6 Å². The third kappa shape index (κ3) is 1.58. The Morgan fingerprint density at radius 2 is 2.00 bits per heavy atom. The van der Waals surface area contributed by atoms with Gasteiger partial charge in [0.15, 0.2) is 5.78 Å². The first-order valence-corrected chi connectivity index (χ1v) is 6.29. The number of sulfone groups is 1. The Morgan fingerprint density at radius 1 is 1.31 bits per heavy atom. The van der Waals surface area contributed by atoms with Crippen molar-refractivity contribution in [3.05, 3.63) is 34.7 Å². The number of nitrogens with one attached hydrogen (secondary N) is 1. The highest BCUT2D eigenvalue weighted by atomic mass is 32.2. The molecule has 1 N–H and O–H groups in total. The van der Waals surface area contributed by atoms with Gasteiger partial charge < -0.3 is 5.32 Å². The van der Waals surface area contributed by atoms with Crippen LogP contribution in [0.3, 0.4) is 0 Å². The third-order valence-corrected chi connectivity index (χ3v) is 4.27. The number of hydrogen-bond acceptors (Lipinski definition) is 4. The molecule has 2 rings (SSSR count). The van der Waals surface area contributed by atoms with Gasteiger partial charge in [0.2, 0.25) is 9.84 Å². The summed E-state index contributed by atoms with van der Waals surface area (Å²) in [5, 5.41) is 2.65. The number of carbonyl (C=O) groups is 1. The van der Waals surface area contributed by atoms with E-state index >= 15 is 0 Å². The number of Topliss-reactive ketones (excluding diaryl/α,β-unsaturated/α-hetero) is 1. The molecule has 1 aliphatic heterocycles. The summed E-state index contributed by atoms with van der Waals surface area (Å²) in [5.74, 6) is -0.404. The fraction of sp³-hybridized carbons (Fsp3) is 0.182. The van der Waals surface area contributed by atoms with Crippen LogP contribution in [-0.4, -0.2) is 27.8 Å². The van der Waals surface area contributed by atoms with Gasteiger partial charge in [0.1, 0.15) is 4.91 Å². The van der Waals surface area contributed by atoms with E-state index < -0.39 is 15.6 Å². The molecule has 1 aromatic carbocycles. The lowest BCUT2D eigenvalue weighted by molar-refractivity contribution is -0.114. The minimum atomic E-state index is -3.60. The molecule has 1 heterocycles. The normalized spacial score (nSPS) is 16.7. The summed E-state index contributed by atoms with van der Waals surface area (Å²) in [5.41, 5.74) is 0.585. The van der Waals surface area contributed by atoms with Gasteiger partial charge in [-0.2, -0.15) is 0 Å². The number of ketones is 1. The number of carbonyl (C=O) groups excluding carboxylic acids is 1. The van der Waals surface area contributed by atoms with Gasteiger partial charge in [-0.3, -0.25) is 4.79 Å². The fourth-order valence-electron chi connectivity index (χ4n) is 1.66. The molecule has 0 saturated carbocycles. The van der Waals surface area contributed by atoms with Crippen molar-refractivity contribution in [3.8, 4) is 0 Å². The highest BCUT2D eigenvalue weighted by molar-refractivity contribution is 7.96. The molecule has 16 heavy (non-hydrogen) atoms. The summed E-state index contributed by atoms with van der Waals surface area (Å²) in [6.45, 7) is 0.0268. The predicted octanol–water partition coefficient (Wildman–Crippen LogP) is 0.603. The Morgan fingerprint density at radius 3 is 2.62 bits per heavy atom. The summed E-state index contributed by atoms with van der Waals surface area (Å²) in [6, 6.07) is 6.60. The highest BCUT2D eigenvalue weighted by Gasteiger charge is 2.33. The van der Waals surface area contributed by atoms with Crippen LogP contribution in [0.4, 0.5) is 0 Å². The van der Waals surface area contributed by atoms with Crippen molar-refractivity contribution in [1.29, 1.82) is 0 Å². The highest BCUT2D eigenvalue weighted by Crippen LogP contribution is 2.32. The largest absolute Gasteiger partial charge is 0.313 e. The molecule has 0 unspecified atom stereocenters. The minimum absolute atomic E-state index is 0.0268. The first-order valence-electron chi connectivity index (χ1n) is 4.81. The molecule has 5 heteroatoms. The zero-order valence-electron chi connectivity index (χ0n) is 8.73. The molecule has 0 fully saturated rings. The van der Waals surface area contributed by atoms with Crippen molar-refractivity contribution < 1.29 is 13.2 Å². The van der Waals surface area contributed by atoms with Gasteiger partial charge in [-0.15, -0.1) is 0 Å². The van der Waals surface area contributed by atoms with Crippen molar-refractivity contribution in [2.24, 2.45) is 0 Å². The SMILES string of the molecule is CNCC(=O)C1=Cc2ccccc2S1(=O)=O. The zero-order chi connectivity index (χ0) is 11.8. The van der Waals surface area contributed by atoms with Crippen LogP contribution in [0, 0.1) is 0 Å². The van der Waals surface area contributed by atoms with E-state index in [0.717, 1.165) is 0 Å². The lowest BCUT2D eigenvalue weighted by atomic mass is 10.2. The summed E-state index contributed by atoms with van der Waals surface area (Å²) in [6.07, 6.45) is 1.43. The second-order valence-corrected chi connectivity index (χ2v) is 5.39. The Bertz CT molecular complexity index is 573. The predicted molar refractivity (Wildman–Crippen MR) is 60.5 cm³/mol. The lowest BCUT2D eigenvalue weighted by Crippen LogP contribution is -2.22. The number of benzene rings is 1. The molecule has 1 aromatic rings. The average Bonchev–Trinajstić information content (AvgIpc) is 2.52. The second kappa shape index (κ2) is 3.84. The average molecular weight is 237 g/mol. The Hall–Kier alpha value is -1.46. The van der Waals surface area contributed by atoms with Gasteiger partial charge in [-0.05, 0) is 24.8 Å². The maximum Gasteiger partial charge on any atom is 0.210 e. The van der Waals surface area contributed by atoms with Gasteiger partial charge in [0, 0.05) is 0 Å². The van der Waals surface area contributed by atoms with Crippen LogP contribution < -0.4 is 5.32 Å². The molecular weight excluding hydrogens is 226 g/mol. The summed E-state index contributed by atoms with van der Waals surface area (Å²) < 4.78 is 24.0. The molecule has 1 aliphatic rings. The van der Waals surface area contributed by atoms with Crippen molar-refractivity contribution in [1.82, 2.24) is 5.32 Å². The smallest absolute Gasteiger partial charge is 0.210 e. The molecule has 0 aliphatic carbocycles. The van der Waals surface area contributed by atoms with Crippen molar-refractivity contribution >= 4 is 21.7 Å². The van der Waals surface area contributed by atoms with E-state index in [1.165, 1.54) is 12.1 Å². The monoisotopic (exact) mass is 237 g/mol. The zero-order valence-corrected chi connectivity index (χ0v) is 9.54. The van der Waals surface area contributed by atoms with Crippen LogP contribution in [-0.2, 0) is 14.6 Å². The van der Waals surface area contributed by atoms with Crippen LogP contribution >= 0.6 is 0 Å². The van der Waals surface area contributed by atoms with Gasteiger partial charge in [0.05, 0.1) is 11.4 Å². The number of hydrogen-bond donors (Lipinski definition) is 1. The topological polar surface area (TPSA) is 63.2 Å². The number of fused-ring (bicyclic) bond motifs is 1. The van der Waals surface area contributed by atoms with Crippen LogP contribution in [0.1, 0.15) is 5.56 Å². The van der Waals surface area contributed by atoms with Crippen LogP contribution in [0.2, 0.25) is 0 Å². The van der Waals surface area contributed by atoms with E-state index in [1.807, 2.05) is 0 Å². The van der Waals surface area contributed by atoms with Crippen molar-refractivity contribution in [3.63, 3.8) is 0 Å². The minimum Gasteiger partial charge on any atom is -0.313 e. The molecule has 0 amide bonds. The molecule has 0 saturated heterocycles. The van der Waals surface area contributed by atoms with Gasteiger partial charge in [-0.25, -0.2) is 8.42 Å². The summed E-state index contributed by atoms with van der Waals surface area (Å²) in [7, 11) is -1.99. The molecule has 4 nitrogen and oxygen atoms in total. The van der Waals surface area contributed by atoms with Crippen molar-refractivity contribution in [2.45, 2.75) is 4.90 Å². The van der Waals surface area contributed by atoms with E-state index in [9.17, 15) is 13.2 Å². The second-order valence-electron chi connectivity index (χ2n) is 3.50. The van der Waals surface area contributed by atoms with Gasteiger partial charge in [0.25, 0.3) is 0 Å². The Kier molecular flexibility index (Phi) is 2.65. The van der Waals surface area contributed by atoms with E-state index in [2.05, 4.69) is 5.32 Å². The standard InChI is InChI=1S/C11H11NO3S/c1-12-7-9(13)11-6-8-4-2-3-5-10(8)16(11,14)15/h2-6,12H,7H2,1H3. The van der Waals surface area contributed by atoms with E-state index in [1.54, 1.807) is 25.2 Å². The maximum absolute atomic E-state index is 12.0. The number of likely N-dealkylation sites (N-methyl/N-ethyl adjacent to an activating group) is 1. The number of rotatable bonds is 3. The van der Waals surface area contributed by atoms with Gasteiger partial charge in [-0.1, -0.05) is 18.2 Å². The fourth-order valence-corrected chi connectivity index (χ4v) is 3.25. The first kappa shape index (κ1) is 11.0. The molecule has 84 valence electrons. The van der Waals surface area contributed by atoms with Crippen LogP contribution in [0.25, 0.3) is 6.08 Å². The summed E-state index contributed by atoms with van der Waals surface area (Å²) in [4.78, 5) is 11.7. The van der Waals surface area contributed by atoms with E-state index in [4.69, 9.17) is 0 Å². The Labute approximate surface area is 93.9 Å². The molecule has 0 atom stereocenters. The van der Waals surface area contributed by atoms with E-state index in [0.29, 0.717) is 5.56 Å². The van der Waals surface area contributed by atoms with Gasteiger partial charge >= 0.3 is 0 Å². The summed E-state index contributed by atoms with van der Waals surface area (Å²) >= 11 is 0. The maximum atomic E-state index is 12.0. The lowest BCUT2D eigenvalue weighted by Gasteiger charge is -2.01. The van der Waals surface area contributed by atoms with Crippen LogP contribution in [0.15, 0.2) is 34.1 Å². The molecule has 0 bridgehead atoms. The quantitative estimate of drug-likeness (QED) is 0.836. The Balaban J connectivity index is 2.51. The van der Waals surface area contributed by atoms with Crippen LogP contribution in [0.5, 0.6) is 0 Å². The third-order valence-electron chi connectivity index (χ3n) is 2.40. The molecule has 0 spiro atoms. The molecular formula is C11H11NO3S. The molecule has 0 aromatic heterocycles. The first-order chi connectivity index (χ1) is 7.57.